The summed E-state index contributed by atoms with van der Waals surface area (Å²) in [5, 5.41) is 9.99. The van der Waals surface area contributed by atoms with Gasteiger partial charge in [-0.2, -0.15) is 0 Å². The molecule has 0 aliphatic heterocycles. The second-order valence-electron chi connectivity index (χ2n) is 3.43. The van der Waals surface area contributed by atoms with Gasteiger partial charge in [0.05, 0.1) is 11.0 Å². The number of sulfone groups is 1. The molecule has 1 N–H and O–H groups in total. The van der Waals surface area contributed by atoms with Gasteiger partial charge in [0, 0.05) is 5.41 Å². The molecule has 1 atom stereocenters. The van der Waals surface area contributed by atoms with Gasteiger partial charge in [-0.05, 0) is 32.1 Å². The minimum absolute atomic E-state index is 0.241. The molecule has 82 valence electrons. The maximum absolute atomic E-state index is 11.7. The van der Waals surface area contributed by atoms with Crippen molar-refractivity contribution in [1.29, 1.82) is 0 Å². The summed E-state index contributed by atoms with van der Waals surface area (Å²) in [4.78, 5) is 0.241. The largest absolute Gasteiger partial charge is 0.389 e. The second kappa shape index (κ2) is 4.59. The van der Waals surface area contributed by atoms with E-state index in [-0.39, 0.29) is 4.90 Å². The Balaban J connectivity index is 3.02. The summed E-state index contributed by atoms with van der Waals surface area (Å²) < 4.78 is 23.3. The van der Waals surface area contributed by atoms with Crippen LogP contribution in [0.1, 0.15) is 12.5 Å². The summed E-state index contributed by atoms with van der Waals surface area (Å²) in [6.45, 7) is 3.39. The van der Waals surface area contributed by atoms with Crippen molar-refractivity contribution in [3.63, 3.8) is 0 Å². The molecule has 0 radical (unpaired) electrons. The second-order valence-corrected chi connectivity index (χ2v) is 5.26. The molecule has 0 aliphatic rings. The Morgan fingerprint density at radius 1 is 1.27 bits per heavy atom. The zero-order valence-electron chi connectivity index (χ0n) is 8.71. The molecule has 0 saturated carbocycles. The summed E-state index contributed by atoms with van der Waals surface area (Å²) in [7, 11) is -3.41. The van der Waals surface area contributed by atoms with Gasteiger partial charge in [0.2, 0.25) is 0 Å². The molecule has 1 aromatic rings. The lowest BCUT2D eigenvalue weighted by molar-refractivity contribution is 0.244. The Kier molecular flexibility index (Phi) is 3.66. The van der Waals surface area contributed by atoms with Crippen molar-refractivity contribution in [2.75, 3.05) is 0 Å². The predicted octanol–water partition coefficient (Wildman–Crippen LogP) is 1.66. The van der Waals surface area contributed by atoms with E-state index < -0.39 is 15.9 Å². The number of rotatable bonds is 3. The number of aliphatic hydroxyl groups excluding tert-OH is 1. The highest BCUT2D eigenvalue weighted by Crippen LogP contribution is 2.13. The Morgan fingerprint density at radius 3 is 2.27 bits per heavy atom. The molecule has 1 aromatic carbocycles. The number of hydrogen-bond acceptors (Lipinski definition) is 3. The van der Waals surface area contributed by atoms with Crippen LogP contribution < -0.4 is 0 Å². The summed E-state index contributed by atoms with van der Waals surface area (Å²) in [6.07, 6.45) is 0.486. The average molecular weight is 226 g/mol. The first-order valence-corrected chi connectivity index (χ1v) is 6.14. The molecule has 4 heteroatoms. The molecule has 0 fully saturated rings. The third-order valence-electron chi connectivity index (χ3n) is 1.89. The van der Waals surface area contributed by atoms with Gasteiger partial charge >= 0.3 is 0 Å². The van der Waals surface area contributed by atoms with Crippen molar-refractivity contribution in [3.8, 4) is 0 Å². The molecule has 0 saturated heterocycles. The number of aliphatic hydroxyl groups is 1. The van der Waals surface area contributed by atoms with Crippen LogP contribution in [0.2, 0.25) is 0 Å². The van der Waals surface area contributed by atoms with Gasteiger partial charge in [0.15, 0.2) is 9.84 Å². The zero-order valence-corrected chi connectivity index (χ0v) is 9.53. The van der Waals surface area contributed by atoms with Crippen LogP contribution in [-0.4, -0.2) is 19.6 Å². The minimum atomic E-state index is -3.41. The van der Waals surface area contributed by atoms with E-state index in [0.717, 1.165) is 11.0 Å². The molecule has 3 nitrogen and oxygen atoms in total. The van der Waals surface area contributed by atoms with Crippen LogP contribution in [0.4, 0.5) is 0 Å². The molecule has 0 bridgehead atoms. The lowest BCUT2D eigenvalue weighted by atomic mass is 10.2. The van der Waals surface area contributed by atoms with Gasteiger partial charge in [-0.1, -0.05) is 17.7 Å². The van der Waals surface area contributed by atoms with Gasteiger partial charge in [0.25, 0.3) is 0 Å². The molecule has 0 aliphatic carbocycles. The van der Waals surface area contributed by atoms with Crippen LogP contribution in [0.5, 0.6) is 0 Å². The zero-order chi connectivity index (χ0) is 11.5. The molecule has 1 rings (SSSR count). The van der Waals surface area contributed by atoms with E-state index >= 15 is 0 Å². The highest BCUT2D eigenvalue weighted by atomic mass is 32.2. The summed E-state index contributed by atoms with van der Waals surface area (Å²) >= 11 is 0. The van der Waals surface area contributed by atoms with E-state index in [2.05, 4.69) is 0 Å². The first-order chi connectivity index (χ1) is 6.92. The number of benzene rings is 1. The Bertz CT molecular complexity index is 441. The first-order valence-electron chi connectivity index (χ1n) is 4.60. The topological polar surface area (TPSA) is 54.4 Å². The molecular formula is C11H14O3S. The van der Waals surface area contributed by atoms with Crippen LogP contribution in [0.3, 0.4) is 0 Å². The van der Waals surface area contributed by atoms with E-state index in [1.807, 2.05) is 6.92 Å². The SMILES string of the molecule is Cc1ccc(S(=O)(=O)C=CC(C)O)cc1. The smallest absolute Gasteiger partial charge is 0.199 e. The summed E-state index contributed by atoms with van der Waals surface area (Å²) in [5.74, 6) is 0. The Labute approximate surface area is 90.0 Å². The Hall–Kier alpha value is -1.13. The van der Waals surface area contributed by atoms with Gasteiger partial charge < -0.3 is 5.11 Å². The maximum Gasteiger partial charge on any atom is 0.199 e. The van der Waals surface area contributed by atoms with Crippen molar-refractivity contribution in [3.05, 3.63) is 41.3 Å². The minimum Gasteiger partial charge on any atom is -0.389 e. The third kappa shape index (κ3) is 3.49. The monoisotopic (exact) mass is 226 g/mol. The molecule has 0 heterocycles. The highest BCUT2D eigenvalue weighted by Gasteiger charge is 2.09. The van der Waals surface area contributed by atoms with Crippen LogP contribution in [0, 0.1) is 6.92 Å². The van der Waals surface area contributed by atoms with Crippen molar-refractivity contribution in [1.82, 2.24) is 0 Å². The van der Waals surface area contributed by atoms with Crippen molar-refractivity contribution >= 4 is 9.84 Å². The number of hydrogen-bond donors (Lipinski definition) is 1. The molecule has 0 aromatic heterocycles. The van der Waals surface area contributed by atoms with Crippen LogP contribution in [0.25, 0.3) is 0 Å². The lowest BCUT2D eigenvalue weighted by Crippen LogP contribution is -1.99. The van der Waals surface area contributed by atoms with E-state index in [0.29, 0.717) is 0 Å². The summed E-state index contributed by atoms with van der Waals surface area (Å²) in [6, 6.07) is 6.58. The standard InChI is InChI=1S/C11H14O3S/c1-9-3-5-11(6-4-9)15(13,14)8-7-10(2)12/h3-8,10,12H,1-2H3. The van der Waals surface area contributed by atoms with Crippen molar-refractivity contribution < 1.29 is 13.5 Å². The lowest BCUT2D eigenvalue weighted by Gasteiger charge is -2.00. The normalized spacial score (nSPS) is 14.3. The number of aryl methyl sites for hydroxylation is 1. The Morgan fingerprint density at radius 2 is 1.80 bits per heavy atom. The van der Waals surface area contributed by atoms with E-state index in [9.17, 15) is 8.42 Å². The third-order valence-corrected chi connectivity index (χ3v) is 3.33. The summed E-state index contributed by atoms with van der Waals surface area (Å²) in [5.41, 5.74) is 1.01. The quantitative estimate of drug-likeness (QED) is 0.852. The predicted molar refractivity (Wildman–Crippen MR) is 59.2 cm³/mol. The fourth-order valence-electron chi connectivity index (χ4n) is 1.02. The van der Waals surface area contributed by atoms with Gasteiger partial charge in [-0.25, -0.2) is 8.42 Å². The van der Waals surface area contributed by atoms with Crippen LogP contribution in [-0.2, 0) is 9.84 Å². The average Bonchev–Trinajstić information content (AvgIpc) is 2.16. The maximum atomic E-state index is 11.7. The van der Waals surface area contributed by atoms with E-state index in [4.69, 9.17) is 5.11 Å². The fourth-order valence-corrected chi connectivity index (χ4v) is 2.13. The molecule has 15 heavy (non-hydrogen) atoms. The van der Waals surface area contributed by atoms with Gasteiger partial charge in [-0.3, -0.25) is 0 Å². The van der Waals surface area contributed by atoms with Crippen LogP contribution in [0.15, 0.2) is 40.6 Å². The van der Waals surface area contributed by atoms with E-state index in [1.54, 1.807) is 24.3 Å². The molecule has 1 unspecified atom stereocenters. The highest BCUT2D eigenvalue weighted by molar-refractivity contribution is 7.94. The molecule has 0 spiro atoms. The fraction of sp³-hybridized carbons (Fsp3) is 0.273. The molecular weight excluding hydrogens is 212 g/mol. The van der Waals surface area contributed by atoms with Crippen LogP contribution >= 0.6 is 0 Å². The van der Waals surface area contributed by atoms with Gasteiger partial charge in [-0.15, -0.1) is 0 Å². The molecule has 0 amide bonds. The first kappa shape index (κ1) is 11.9. The van der Waals surface area contributed by atoms with Gasteiger partial charge in [0.1, 0.15) is 0 Å². The van der Waals surface area contributed by atoms with E-state index in [1.165, 1.54) is 13.0 Å². The van der Waals surface area contributed by atoms with Crippen molar-refractivity contribution in [2.45, 2.75) is 24.8 Å². The van der Waals surface area contributed by atoms with Crippen molar-refractivity contribution in [2.24, 2.45) is 0 Å².